The Morgan fingerprint density at radius 2 is 1.79 bits per heavy atom. The van der Waals surface area contributed by atoms with E-state index in [1.165, 1.54) is 17.0 Å². The van der Waals surface area contributed by atoms with E-state index in [9.17, 15) is 14.0 Å². The van der Waals surface area contributed by atoms with Gasteiger partial charge in [-0.2, -0.15) is 0 Å². The maximum atomic E-state index is 13.4. The molecule has 0 spiro atoms. The average Bonchev–Trinajstić information content (AvgIpc) is 3.30. The number of halogens is 2. The van der Waals surface area contributed by atoms with E-state index in [-0.39, 0.29) is 36.8 Å². The quantitative estimate of drug-likeness (QED) is 0.472. The minimum atomic E-state index is -0.682. The molecule has 2 aromatic carbocycles. The van der Waals surface area contributed by atoms with Gasteiger partial charge in [-0.1, -0.05) is 44.9 Å². The summed E-state index contributed by atoms with van der Waals surface area (Å²) >= 11 is 3.51. The molecule has 1 N–H and O–H groups in total. The van der Waals surface area contributed by atoms with Gasteiger partial charge in [0.25, 0.3) is 5.91 Å². The van der Waals surface area contributed by atoms with Crippen molar-refractivity contribution >= 4 is 27.7 Å². The van der Waals surface area contributed by atoms with Crippen LogP contribution < -0.4 is 10.1 Å². The number of carbonyl (C=O) groups is 2. The molecule has 5 nitrogen and oxygen atoms in total. The van der Waals surface area contributed by atoms with E-state index in [4.69, 9.17) is 4.74 Å². The van der Waals surface area contributed by atoms with Crippen molar-refractivity contribution in [2.75, 3.05) is 6.61 Å². The third kappa shape index (κ3) is 7.03. The number of benzene rings is 2. The summed E-state index contributed by atoms with van der Waals surface area (Å²) < 4.78 is 19.9. The van der Waals surface area contributed by atoms with Gasteiger partial charge in [-0.3, -0.25) is 9.59 Å². The van der Waals surface area contributed by atoms with Gasteiger partial charge in [0.05, 0.1) is 4.47 Å². The van der Waals surface area contributed by atoms with E-state index in [0.717, 1.165) is 41.3 Å². The van der Waals surface area contributed by atoms with Crippen molar-refractivity contribution in [3.8, 4) is 5.75 Å². The van der Waals surface area contributed by atoms with Crippen molar-refractivity contribution in [1.29, 1.82) is 0 Å². The Bertz CT molecular complexity index is 959. The van der Waals surface area contributed by atoms with Crippen LogP contribution in [-0.4, -0.2) is 35.4 Å². The lowest BCUT2D eigenvalue weighted by Crippen LogP contribution is -2.50. The van der Waals surface area contributed by atoms with E-state index in [1.807, 2.05) is 18.2 Å². The van der Waals surface area contributed by atoms with Crippen LogP contribution in [-0.2, 0) is 16.1 Å². The standard InChI is InChI=1S/C26H32BrFN2O3/c1-17(2)20-10-13-24(23(27)14-20)33-16-25(31)30(15-19-8-11-21(28)12-9-19)18(3)26(32)29-22-6-4-5-7-22/h8-14,17-18,22H,4-7,15-16H2,1-3H3,(H,29,32)/t18-/m1/s1. The largest absolute Gasteiger partial charge is 0.483 e. The summed E-state index contributed by atoms with van der Waals surface area (Å²) in [4.78, 5) is 27.6. The molecule has 0 saturated heterocycles. The number of rotatable bonds is 9. The zero-order valence-electron chi connectivity index (χ0n) is 19.4. The van der Waals surface area contributed by atoms with Crippen LogP contribution in [0.4, 0.5) is 4.39 Å². The lowest BCUT2D eigenvalue weighted by atomic mass is 10.0. The normalized spacial score (nSPS) is 14.8. The summed E-state index contributed by atoms with van der Waals surface area (Å²) in [5, 5.41) is 3.07. The third-order valence-electron chi connectivity index (χ3n) is 6.11. The fourth-order valence-corrected chi connectivity index (χ4v) is 4.49. The SMILES string of the molecule is CC(C)c1ccc(OCC(=O)N(Cc2ccc(F)cc2)[C@H](C)C(=O)NC2CCCC2)c(Br)c1. The van der Waals surface area contributed by atoms with Gasteiger partial charge < -0.3 is 15.0 Å². The van der Waals surface area contributed by atoms with E-state index < -0.39 is 6.04 Å². The molecule has 1 fully saturated rings. The van der Waals surface area contributed by atoms with Crippen molar-refractivity contribution in [2.24, 2.45) is 0 Å². The van der Waals surface area contributed by atoms with Gasteiger partial charge in [-0.15, -0.1) is 0 Å². The first-order valence-electron chi connectivity index (χ1n) is 11.5. The Morgan fingerprint density at radius 1 is 1.12 bits per heavy atom. The van der Waals surface area contributed by atoms with Crippen molar-refractivity contribution in [1.82, 2.24) is 10.2 Å². The zero-order chi connectivity index (χ0) is 24.0. The minimum Gasteiger partial charge on any atom is -0.483 e. The second-order valence-corrected chi connectivity index (χ2v) is 9.80. The minimum absolute atomic E-state index is 0.161. The Labute approximate surface area is 203 Å². The molecule has 7 heteroatoms. The monoisotopic (exact) mass is 518 g/mol. The van der Waals surface area contributed by atoms with Crippen LogP contribution in [0.15, 0.2) is 46.9 Å². The molecule has 3 rings (SSSR count). The fraction of sp³-hybridized carbons (Fsp3) is 0.462. The molecule has 178 valence electrons. The summed E-state index contributed by atoms with van der Waals surface area (Å²) in [6.45, 7) is 5.92. The van der Waals surface area contributed by atoms with Crippen molar-refractivity contribution in [3.05, 3.63) is 63.9 Å². The maximum absolute atomic E-state index is 13.4. The van der Waals surface area contributed by atoms with Crippen LogP contribution >= 0.6 is 15.9 Å². The second kappa shape index (κ2) is 11.6. The van der Waals surface area contributed by atoms with E-state index >= 15 is 0 Å². The summed E-state index contributed by atoms with van der Waals surface area (Å²) in [6.07, 6.45) is 4.15. The molecule has 0 unspecified atom stereocenters. The molecule has 0 radical (unpaired) electrons. The highest BCUT2D eigenvalue weighted by Crippen LogP contribution is 2.29. The van der Waals surface area contributed by atoms with Crippen LogP contribution in [0.3, 0.4) is 0 Å². The van der Waals surface area contributed by atoms with Crippen LogP contribution in [0.5, 0.6) is 5.75 Å². The highest BCUT2D eigenvalue weighted by atomic mass is 79.9. The molecule has 0 heterocycles. The van der Waals surface area contributed by atoms with E-state index in [0.29, 0.717) is 11.7 Å². The van der Waals surface area contributed by atoms with Gasteiger partial charge in [0.2, 0.25) is 5.91 Å². The lowest BCUT2D eigenvalue weighted by Gasteiger charge is -2.29. The van der Waals surface area contributed by atoms with Crippen LogP contribution in [0.25, 0.3) is 0 Å². The molecule has 0 aromatic heterocycles. The fourth-order valence-electron chi connectivity index (χ4n) is 3.98. The Kier molecular flexibility index (Phi) is 8.89. The number of hydrogen-bond donors (Lipinski definition) is 1. The van der Waals surface area contributed by atoms with Crippen molar-refractivity contribution in [2.45, 2.75) is 71.0 Å². The summed E-state index contributed by atoms with van der Waals surface area (Å²) in [5.41, 5.74) is 1.91. The third-order valence-corrected chi connectivity index (χ3v) is 6.73. The number of amides is 2. The molecule has 1 aliphatic carbocycles. The topological polar surface area (TPSA) is 58.6 Å². The van der Waals surface area contributed by atoms with Crippen LogP contribution in [0.1, 0.15) is 63.5 Å². The summed E-state index contributed by atoms with van der Waals surface area (Å²) in [7, 11) is 0. The number of ether oxygens (including phenoxy) is 1. The van der Waals surface area contributed by atoms with Gasteiger partial charge >= 0.3 is 0 Å². The maximum Gasteiger partial charge on any atom is 0.261 e. The molecule has 1 aliphatic rings. The molecule has 0 bridgehead atoms. The molecule has 1 saturated carbocycles. The molecule has 33 heavy (non-hydrogen) atoms. The Balaban J connectivity index is 1.72. The van der Waals surface area contributed by atoms with Gasteiger partial charge in [-0.25, -0.2) is 4.39 Å². The molecule has 2 amide bonds. The molecule has 2 aromatic rings. The summed E-state index contributed by atoms with van der Waals surface area (Å²) in [6, 6.07) is 11.2. The Morgan fingerprint density at radius 3 is 2.39 bits per heavy atom. The lowest BCUT2D eigenvalue weighted by molar-refractivity contribution is -0.142. The number of nitrogens with one attached hydrogen (secondary N) is 1. The van der Waals surface area contributed by atoms with E-state index in [1.54, 1.807) is 19.1 Å². The van der Waals surface area contributed by atoms with Crippen LogP contribution in [0, 0.1) is 5.82 Å². The molecular weight excluding hydrogens is 487 g/mol. The van der Waals surface area contributed by atoms with Gasteiger partial charge in [-0.05, 0) is 77.0 Å². The molecule has 0 aliphatic heterocycles. The van der Waals surface area contributed by atoms with Crippen molar-refractivity contribution < 1.29 is 18.7 Å². The molecular formula is C26H32BrFN2O3. The average molecular weight is 519 g/mol. The van der Waals surface area contributed by atoms with Gasteiger partial charge in [0, 0.05) is 12.6 Å². The number of hydrogen-bond acceptors (Lipinski definition) is 3. The van der Waals surface area contributed by atoms with Gasteiger partial charge in [0.15, 0.2) is 6.61 Å². The van der Waals surface area contributed by atoms with Crippen LogP contribution in [0.2, 0.25) is 0 Å². The smallest absolute Gasteiger partial charge is 0.261 e. The predicted octanol–water partition coefficient (Wildman–Crippen LogP) is 5.57. The highest BCUT2D eigenvalue weighted by Gasteiger charge is 2.29. The van der Waals surface area contributed by atoms with E-state index in [2.05, 4.69) is 35.1 Å². The van der Waals surface area contributed by atoms with Crippen molar-refractivity contribution in [3.63, 3.8) is 0 Å². The highest BCUT2D eigenvalue weighted by molar-refractivity contribution is 9.10. The van der Waals surface area contributed by atoms with Gasteiger partial charge in [0.1, 0.15) is 17.6 Å². The summed E-state index contributed by atoms with van der Waals surface area (Å²) in [5.74, 6) is 0.106. The predicted molar refractivity (Wildman–Crippen MR) is 131 cm³/mol. The Hall–Kier alpha value is -2.41. The first kappa shape index (κ1) is 25.2. The first-order chi connectivity index (χ1) is 15.7. The number of nitrogens with zero attached hydrogens (tertiary/aromatic N) is 1. The second-order valence-electron chi connectivity index (χ2n) is 8.95. The molecule has 1 atom stereocenters. The number of carbonyl (C=O) groups excluding carboxylic acids is 2. The zero-order valence-corrected chi connectivity index (χ0v) is 21.0. The first-order valence-corrected chi connectivity index (χ1v) is 12.3.